The number of hydrogen-bond donors (Lipinski definition) is 0. The molecule has 10 heteroatoms. The number of halogens is 3. The molecule has 2 aromatic heterocycles. The molecule has 0 saturated carbocycles. The molecule has 0 N–H and O–H groups in total. The fraction of sp³-hybridized carbons (Fsp3) is 0.333. The fourth-order valence-electron chi connectivity index (χ4n) is 3.14. The summed E-state index contributed by atoms with van der Waals surface area (Å²) in [6.45, 7) is 2.01. The molecule has 7 nitrogen and oxygen atoms in total. The number of pyridine rings is 1. The van der Waals surface area contributed by atoms with Crippen molar-refractivity contribution in [3.63, 3.8) is 0 Å². The molecule has 0 radical (unpaired) electrons. The molecule has 0 bridgehead atoms. The Kier molecular flexibility index (Phi) is 6.28. The molecule has 0 saturated heterocycles. The number of esters is 1. The molecule has 1 unspecified atom stereocenters. The number of benzene rings is 1. The van der Waals surface area contributed by atoms with E-state index in [0.717, 1.165) is 12.1 Å². The fourth-order valence-corrected chi connectivity index (χ4v) is 3.14. The predicted molar refractivity (Wildman–Crippen MR) is 105 cm³/mol. The molecule has 0 spiro atoms. The summed E-state index contributed by atoms with van der Waals surface area (Å²) >= 11 is 0. The Morgan fingerprint density at radius 2 is 1.94 bits per heavy atom. The van der Waals surface area contributed by atoms with Crippen molar-refractivity contribution in [3.05, 3.63) is 53.5 Å². The lowest BCUT2D eigenvalue weighted by Crippen LogP contribution is -2.18. The average Bonchev–Trinajstić information content (AvgIpc) is 3.12. The first-order valence-corrected chi connectivity index (χ1v) is 9.31. The van der Waals surface area contributed by atoms with Crippen LogP contribution in [0.4, 0.5) is 13.2 Å². The van der Waals surface area contributed by atoms with Crippen molar-refractivity contribution < 1.29 is 32.2 Å². The van der Waals surface area contributed by atoms with Gasteiger partial charge in [-0.2, -0.15) is 18.3 Å². The van der Waals surface area contributed by atoms with Crippen LogP contribution in [-0.4, -0.2) is 40.7 Å². The van der Waals surface area contributed by atoms with E-state index in [4.69, 9.17) is 9.47 Å². The average molecular weight is 435 g/mol. The molecule has 1 atom stereocenters. The Balaban J connectivity index is 1.88. The third kappa shape index (κ3) is 5.01. The number of alkyl halides is 3. The van der Waals surface area contributed by atoms with Crippen molar-refractivity contribution in [2.45, 2.75) is 26.1 Å². The van der Waals surface area contributed by atoms with Gasteiger partial charge in [0.1, 0.15) is 17.1 Å². The van der Waals surface area contributed by atoms with Crippen molar-refractivity contribution in [1.29, 1.82) is 0 Å². The summed E-state index contributed by atoms with van der Waals surface area (Å²) in [5.41, 5.74) is -0.330. The third-order valence-electron chi connectivity index (χ3n) is 4.69. The maximum Gasteiger partial charge on any atom is 0.433 e. The Morgan fingerprint density at radius 1 is 1.19 bits per heavy atom. The van der Waals surface area contributed by atoms with E-state index < -0.39 is 23.6 Å². The number of ketones is 1. The van der Waals surface area contributed by atoms with Gasteiger partial charge in [-0.1, -0.05) is 13.0 Å². The van der Waals surface area contributed by atoms with Crippen molar-refractivity contribution in [2.24, 2.45) is 5.92 Å². The summed E-state index contributed by atoms with van der Waals surface area (Å²) in [7, 11) is 2.74. The van der Waals surface area contributed by atoms with Crippen molar-refractivity contribution >= 4 is 22.7 Å². The van der Waals surface area contributed by atoms with Crippen LogP contribution in [0.15, 0.2) is 36.5 Å². The van der Waals surface area contributed by atoms with Gasteiger partial charge in [-0.3, -0.25) is 14.3 Å². The number of nitrogens with zero attached hydrogens (tertiary/aromatic N) is 3. The molecule has 3 rings (SSSR count). The van der Waals surface area contributed by atoms with Crippen molar-refractivity contribution in [2.75, 3.05) is 14.2 Å². The molecule has 2 heterocycles. The number of carbonyl (C=O) groups excluding carboxylic acids is 2. The standard InChI is InChI=1S/C21H20F3N3O4/c1-12(20(29)31-3)10-27-11-14-7-13(18(30-2)9-16(14)26-27)8-17(28)15-5-4-6-19(25-15)21(22,23)24/h4-7,9,11-12H,8,10H2,1-3H3. The van der Waals surface area contributed by atoms with Gasteiger partial charge >= 0.3 is 12.1 Å². The normalized spacial score (nSPS) is 12.6. The molecule has 3 aromatic rings. The first kappa shape index (κ1) is 22.3. The van der Waals surface area contributed by atoms with Crippen LogP contribution >= 0.6 is 0 Å². The minimum Gasteiger partial charge on any atom is -0.496 e. The van der Waals surface area contributed by atoms with Crippen LogP contribution in [-0.2, 0) is 28.7 Å². The highest BCUT2D eigenvalue weighted by Gasteiger charge is 2.33. The van der Waals surface area contributed by atoms with E-state index >= 15 is 0 Å². The van der Waals surface area contributed by atoms with Gasteiger partial charge in [0.05, 0.1) is 32.2 Å². The van der Waals surface area contributed by atoms with Gasteiger partial charge in [-0.15, -0.1) is 0 Å². The Hall–Kier alpha value is -3.43. The Morgan fingerprint density at radius 3 is 2.58 bits per heavy atom. The molecular weight excluding hydrogens is 415 g/mol. The molecule has 0 fully saturated rings. The largest absolute Gasteiger partial charge is 0.496 e. The van der Waals surface area contributed by atoms with Gasteiger partial charge < -0.3 is 9.47 Å². The summed E-state index contributed by atoms with van der Waals surface area (Å²) in [5, 5.41) is 5.09. The SMILES string of the molecule is COC(=O)C(C)Cn1cc2cc(CC(=O)c3cccc(C(F)(F)F)n3)c(OC)cc2n1. The number of ether oxygens (including phenoxy) is 2. The highest BCUT2D eigenvalue weighted by atomic mass is 19.4. The number of fused-ring (bicyclic) bond motifs is 1. The second kappa shape index (κ2) is 8.75. The maximum atomic E-state index is 12.9. The number of aromatic nitrogens is 3. The van der Waals surface area contributed by atoms with Crippen molar-refractivity contribution in [1.82, 2.24) is 14.8 Å². The molecular formula is C21H20F3N3O4. The van der Waals surface area contributed by atoms with Gasteiger partial charge in [0.2, 0.25) is 0 Å². The topological polar surface area (TPSA) is 83.3 Å². The maximum absolute atomic E-state index is 12.9. The number of Topliss-reactive ketones (excluding diaryl/α,β-unsaturated/α-hetero) is 1. The predicted octanol–water partition coefficient (Wildman–Crippen LogP) is 3.69. The quantitative estimate of drug-likeness (QED) is 0.416. The third-order valence-corrected chi connectivity index (χ3v) is 4.69. The van der Waals surface area contributed by atoms with Gasteiger partial charge in [0.15, 0.2) is 5.78 Å². The molecule has 164 valence electrons. The van der Waals surface area contributed by atoms with Gasteiger partial charge in [0, 0.05) is 29.6 Å². The van der Waals surface area contributed by atoms with Crippen molar-refractivity contribution in [3.8, 4) is 5.75 Å². The molecule has 0 amide bonds. The van der Waals surface area contributed by atoms with Crippen LogP contribution in [0.3, 0.4) is 0 Å². The van der Waals surface area contributed by atoms with E-state index in [1.165, 1.54) is 20.3 Å². The summed E-state index contributed by atoms with van der Waals surface area (Å²) in [6.07, 6.45) is -3.12. The van der Waals surface area contributed by atoms with Gasteiger partial charge in [-0.25, -0.2) is 4.98 Å². The van der Waals surface area contributed by atoms with Gasteiger partial charge in [0.25, 0.3) is 0 Å². The number of hydrogen-bond acceptors (Lipinski definition) is 6. The smallest absolute Gasteiger partial charge is 0.433 e. The lowest BCUT2D eigenvalue weighted by Gasteiger charge is -2.09. The van der Waals surface area contributed by atoms with E-state index in [9.17, 15) is 22.8 Å². The Labute approximate surface area is 175 Å². The van der Waals surface area contributed by atoms with Crippen LogP contribution in [0.1, 0.15) is 28.7 Å². The molecule has 0 aliphatic heterocycles. The summed E-state index contributed by atoms with van der Waals surface area (Å²) in [5.74, 6) is -0.971. The lowest BCUT2D eigenvalue weighted by atomic mass is 10.0. The van der Waals surface area contributed by atoms with Crippen LogP contribution in [0, 0.1) is 5.92 Å². The van der Waals surface area contributed by atoms with E-state index in [1.807, 2.05) is 0 Å². The highest BCUT2D eigenvalue weighted by molar-refractivity contribution is 5.97. The van der Waals surface area contributed by atoms with Gasteiger partial charge in [-0.05, 0) is 18.2 Å². The first-order valence-electron chi connectivity index (χ1n) is 9.31. The van der Waals surface area contributed by atoms with Crippen LogP contribution < -0.4 is 4.74 Å². The summed E-state index contributed by atoms with van der Waals surface area (Å²) in [4.78, 5) is 27.7. The highest BCUT2D eigenvalue weighted by Crippen LogP contribution is 2.29. The monoisotopic (exact) mass is 435 g/mol. The zero-order valence-corrected chi connectivity index (χ0v) is 17.1. The molecule has 31 heavy (non-hydrogen) atoms. The number of rotatable bonds is 7. The van der Waals surface area contributed by atoms with Crippen LogP contribution in [0.2, 0.25) is 0 Å². The van der Waals surface area contributed by atoms with E-state index in [0.29, 0.717) is 28.8 Å². The lowest BCUT2D eigenvalue weighted by molar-refractivity contribution is -0.145. The Bertz CT molecular complexity index is 1120. The zero-order chi connectivity index (χ0) is 22.8. The van der Waals surface area contributed by atoms with Crippen LogP contribution in [0.5, 0.6) is 5.75 Å². The molecule has 0 aliphatic carbocycles. The molecule has 0 aliphatic rings. The summed E-state index contributed by atoms with van der Waals surface area (Å²) in [6, 6.07) is 6.53. The number of methoxy groups -OCH3 is 2. The molecule has 1 aromatic carbocycles. The minimum absolute atomic E-state index is 0.197. The second-order valence-electron chi connectivity index (χ2n) is 7.00. The van der Waals surface area contributed by atoms with E-state index in [1.54, 1.807) is 29.9 Å². The zero-order valence-electron chi connectivity index (χ0n) is 17.1. The first-order chi connectivity index (χ1) is 14.6. The second-order valence-corrected chi connectivity index (χ2v) is 7.00. The summed E-state index contributed by atoms with van der Waals surface area (Å²) < 4.78 is 50.3. The van der Waals surface area contributed by atoms with E-state index in [2.05, 4.69) is 10.1 Å². The van der Waals surface area contributed by atoms with E-state index in [-0.39, 0.29) is 18.1 Å². The minimum atomic E-state index is -4.64. The number of carbonyl (C=O) groups is 2. The van der Waals surface area contributed by atoms with Crippen LogP contribution in [0.25, 0.3) is 10.9 Å².